The Morgan fingerprint density at radius 3 is 3.07 bits per heavy atom. The topological polar surface area (TPSA) is 29.9 Å². The zero-order valence-corrected chi connectivity index (χ0v) is 9.03. The summed E-state index contributed by atoms with van der Waals surface area (Å²) in [6.07, 6.45) is 7.87. The first-order valence-corrected chi connectivity index (χ1v) is 5.52. The molecule has 0 aliphatic heterocycles. The number of hydrogen-bond acceptors (Lipinski definition) is 2. The van der Waals surface area contributed by atoms with E-state index in [4.69, 9.17) is 0 Å². The smallest absolute Gasteiger partial charge is 0.0945 e. The Kier molecular flexibility index (Phi) is 2.87. The molecular weight excluding hydrogens is 174 g/mol. The summed E-state index contributed by atoms with van der Waals surface area (Å²) < 4.78 is 2.15. The molecule has 3 nitrogen and oxygen atoms in total. The van der Waals surface area contributed by atoms with Crippen molar-refractivity contribution >= 4 is 0 Å². The van der Waals surface area contributed by atoms with Crippen LogP contribution in [-0.4, -0.2) is 22.1 Å². The summed E-state index contributed by atoms with van der Waals surface area (Å²) in [5, 5.41) is 3.57. The van der Waals surface area contributed by atoms with E-state index in [1.807, 2.05) is 12.5 Å². The van der Waals surface area contributed by atoms with Crippen molar-refractivity contribution in [1.29, 1.82) is 0 Å². The predicted molar refractivity (Wildman–Crippen MR) is 57.3 cm³/mol. The van der Waals surface area contributed by atoms with Gasteiger partial charge in [-0.2, -0.15) is 0 Å². The lowest BCUT2D eigenvalue weighted by Gasteiger charge is -2.20. The van der Waals surface area contributed by atoms with E-state index in [0.29, 0.717) is 12.0 Å². The summed E-state index contributed by atoms with van der Waals surface area (Å²) in [6, 6.07) is 0.662. The quantitative estimate of drug-likeness (QED) is 0.791. The van der Waals surface area contributed by atoms with Crippen molar-refractivity contribution in [3.8, 4) is 0 Å². The maximum absolute atomic E-state index is 4.20. The van der Waals surface area contributed by atoms with Crippen molar-refractivity contribution in [1.82, 2.24) is 14.9 Å². The minimum absolute atomic E-state index is 0.662. The highest BCUT2D eigenvalue weighted by Gasteiger charge is 2.29. The molecule has 2 atom stereocenters. The number of rotatable bonds is 3. The van der Waals surface area contributed by atoms with Gasteiger partial charge in [0.25, 0.3) is 0 Å². The maximum Gasteiger partial charge on any atom is 0.0945 e. The number of imidazole rings is 1. The molecule has 0 saturated heterocycles. The van der Waals surface area contributed by atoms with Crippen LogP contribution < -0.4 is 5.32 Å². The lowest BCUT2D eigenvalue weighted by atomic mass is 10.00. The molecular formula is C11H19N3. The van der Waals surface area contributed by atoms with Crippen molar-refractivity contribution in [2.24, 2.45) is 7.05 Å². The number of aromatic nitrogens is 2. The molecule has 14 heavy (non-hydrogen) atoms. The Balaban J connectivity index is 2.13. The van der Waals surface area contributed by atoms with E-state index in [-0.39, 0.29) is 0 Å². The number of hydrogen-bond donors (Lipinski definition) is 1. The normalized spacial score (nSPS) is 27.0. The van der Waals surface area contributed by atoms with Gasteiger partial charge < -0.3 is 9.88 Å². The van der Waals surface area contributed by atoms with Gasteiger partial charge in [0, 0.05) is 30.9 Å². The average molecular weight is 193 g/mol. The van der Waals surface area contributed by atoms with Gasteiger partial charge in [0.05, 0.1) is 6.33 Å². The van der Waals surface area contributed by atoms with Gasteiger partial charge in [0.1, 0.15) is 0 Å². The maximum atomic E-state index is 4.20. The van der Waals surface area contributed by atoms with Crippen molar-refractivity contribution in [2.75, 3.05) is 6.54 Å². The largest absolute Gasteiger partial charge is 0.337 e. The summed E-state index contributed by atoms with van der Waals surface area (Å²) in [7, 11) is 2.09. The van der Waals surface area contributed by atoms with Gasteiger partial charge in [-0.25, -0.2) is 4.98 Å². The lowest BCUT2D eigenvalue weighted by molar-refractivity contribution is 0.477. The van der Waals surface area contributed by atoms with E-state index in [1.165, 1.54) is 25.0 Å². The van der Waals surface area contributed by atoms with E-state index in [9.17, 15) is 0 Å². The predicted octanol–water partition coefficient (Wildman–Crippen LogP) is 1.67. The van der Waals surface area contributed by atoms with Crippen molar-refractivity contribution in [3.05, 3.63) is 18.2 Å². The first-order valence-electron chi connectivity index (χ1n) is 5.52. The van der Waals surface area contributed by atoms with Crippen LogP contribution in [0, 0.1) is 0 Å². The lowest BCUT2D eigenvalue weighted by Crippen LogP contribution is -2.31. The van der Waals surface area contributed by atoms with Crippen molar-refractivity contribution < 1.29 is 0 Å². The molecule has 0 amide bonds. The highest BCUT2D eigenvalue weighted by Crippen LogP contribution is 2.33. The fraction of sp³-hybridized carbons (Fsp3) is 0.727. The Morgan fingerprint density at radius 2 is 2.43 bits per heavy atom. The van der Waals surface area contributed by atoms with E-state index >= 15 is 0 Å². The van der Waals surface area contributed by atoms with E-state index in [1.54, 1.807) is 0 Å². The summed E-state index contributed by atoms with van der Waals surface area (Å²) in [5.74, 6) is 0.669. The van der Waals surface area contributed by atoms with Gasteiger partial charge in [0.15, 0.2) is 0 Å². The molecule has 0 spiro atoms. The number of likely N-dealkylation sites (N-methyl/N-ethyl adjacent to an activating group) is 1. The third kappa shape index (κ3) is 1.69. The van der Waals surface area contributed by atoms with Crippen molar-refractivity contribution in [2.45, 2.75) is 38.1 Å². The average Bonchev–Trinajstić information content (AvgIpc) is 2.74. The first kappa shape index (κ1) is 9.71. The van der Waals surface area contributed by atoms with Crippen molar-refractivity contribution in [3.63, 3.8) is 0 Å². The highest BCUT2D eigenvalue weighted by atomic mass is 15.0. The Morgan fingerprint density at radius 1 is 1.57 bits per heavy atom. The molecule has 0 radical (unpaired) electrons. The van der Waals surface area contributed by atoms with E-state index in [2.05, 4.69) is 28.8 Å². The molecule has 1 N–H and O–H groups in total. The summed E-state index contributed by atoms with van der Waals surface area (Å²) in [4.78, 5) is 4.20. The minimum atomic E-state index is 0.662. The molecule has 1 aliphatic rings. The van der Waals surface area contributed by atoms with Crippen LogP contribution >= 0.6 is 0 Å². The Hall–Kier alpha value is -0.830. The second-order valence-electron chi connectivity index (χ2n) is 4.13. The molecule has 0 aromatic carbocycles. The molecule has 78 valence electrons. The number of nitrogens with zero attached hydrogens (tertiary/aromatic N) is 2. The standard InChI is InChI=1S/C11H19N3/c1-3-13-10-6-4-5-9(10)11-7-12-8-14(11)2/h7-10,13H,3-6H2,1-2H3. The van der Waals surface area contributed by atoms with Gasteiger partial charge in [-0.1, -0.05) is 13.3 Å². The van der Waals surface area contributed by atoms with Gasteiger partial charge >= 0.3 is 0 Å². The molecule has 2 unspecified atom stereocenters. The fourth-order valence-corrected chi connectivity index (χ4v) is 2.55. The molecule has 1 saturated carbocycles. The number of nitrogens with one attached hydrogen (secondary N) is 1. The SMILES string of the molecule is CCNC1CCCC1c1cncn1C. The minimum Gasteiger partial charge on any atom is -0.337 e. The van der Waals surface area contributed by atoms with Gasteiger partial charge in [-0.15, -0.1) is 0 Å². The highest BCUT2D eigenvalue weighted by molar-refractivity contribution is 5.11. The van der Waals surface area contributed by atoms with Crippen LogP contribution in [0.2, 0.25) is 0 Å². The van der Waals surface area contributed by atoms with Gasteiger partial charge in [-0.3, -0.25) is 0 Å². The van der Waals surface area contributed by atoms with Crippen LogP contribution in [0.15, 0.2) is 12.5 Å². The van der Waals surface area contributed by atoms with E-state index < -0.39 is 0 Å². The van der Waals surface area contributed by atoms with Crippen LogP contribution in [0.5, 0.6) is 0 Å². The zero-order chi connectivity index (χ0) is 9.97. The molecule has 1 aromatic heterocycles. The molecule has 3 heteroatoms. The fourth-order valence-electron chi connectivity index (χ4n) is 2.55. The molecule has 2 rings (SSSR count). The molecule has 1 aromatic rings. The third-order valence-electron chi connectivity index (χ3n) is 3.22. The number of aryl methyl sites for hydroxylation is 1. The second-order valence-corrected chi connectivity index (χ2v) is 4.13. The molecule has 1 fully saturated rings. The van der Waals surface area contributed by atoms with E-state index in [0.717, 1.165) is 6.54 Å². The Labute approximate surface area is 85.5 Å². The van der Waals surface area contributed by atoms with Crippen LogP contribution in [0.1, 0.15) is 37.8 Å². The summed E-state index contributed by atoms with van der Waals surface area (Å²) in [5.41, 5.74) is 1.38. The third-order valence-corrected chi connectivity index (χ3v) is 3.22. The monoisotopic (exact) mass is 193 g/mol. The summed E-state index contributed by atoms with van der Waals surface area (Å²) in [6.45, 7) is 3.25. The molecule has 1 heterocycles. The second kappa shape index (κ2) is 4.13. The van der Waals surface area contributed by atoms with Crippen LogP contribution in [0.3, 0.4) is 0 Å². The van der Waals surface area contributed by atoms with Crippen LogP contribution in [-0.2, 0) is 7.05 Å². The molecule has 1 aliphatic carbocycles. The van der Waals surface area contributed by atoms with Gasteiger partial charge in [0.2, 0.25) is 0 Å². The van der Waals surface area contributed by atoms with Crippen LogP contribution in [0.25, 0.3) is 0 Å². The van der Waals surface area contributed by atoms with Gasteiger partial charge in [-0.05, 0) is 19.4 Å². The zero-order valence-electron chi connectivity index (χ0n) is 9.03. The molecule has 0 bridgehead atoms. The first-order chi connectivity index (χ1) is 6.83. The Bertz CT molecular complexity index is 292. The van der Waals surface area contributed by atoms with Crippen LogP contribution in [0.4, 0.5) is 0 Å². The summed E-state index contributed by atoms with van der Waals surface area (Å²) >= 11 is 0.